The smallest absolute Gasteiger partial charge is 0.266 e. The number of hydrogen-bond acceptors (Lipinski definition) is 0. The van der Waals surface area contributed by atoms with E-state index in [-0.39, 0.29) is 5.92 Å². The topological polar surface area (TPSA) is 4.93 Å². The van der Waals surface area contributed by atoms with Gasteiger partial charge in [0.1, 0.15) is 0 Å². The van der Waals surface area contributed by atoms with Crippen molar-refractivity contribution in [2.45, 2.75) is 25.2 Å². The summed E-state index contributed by atoms with van der Waals surface area (Å²) in [6, 6.07) is 17.9. The fourth-order valence-electron chi connectivity index (χ4n) is 3.34. The zero-order valence-corrected chi connectivity index (χ0v) is 13.8. The Kier molecular flexibility index (Phi) is 5.09. The Bertz CT molecular complexity index is 829. The van der Waals surface area contributed by atoms with Crippen LogP contribution in [-0.4, -0.2) is 4.57 Å². The van der Waals surface area contributed by atoms with Crippen molar-refractivity contribution in [2.24, 2.45) is 7.05 Å². The molecule has 1 unspecified atom stereocenters. The average molecular weight is 325 g/mol. The Balaban J connectivity index is 1.72. The molecule has 3 aromatic rings. The number of nitrogens with zero attached hydrogens (tertiary/aromatic N) is 1. The van der Waals surface area contributed by atoms with Crippen molar-refractivity contribution in [3.8, 4) is 0 Å². The fourth-order valence-corrected chi connectivity index (χ4v) is 3.34. The molecule has 1 nitrogen and oxygen atoms in total. The standard InChI is InChI=1S/C21H21F2N/c1-24-15-18(19-12-5-6-13-20(19)24)11-7-10-17(14-21(22)23)16-8-3-2-4-9-16/h2-6,8-9,12-15,17H,7,10-11H2,1H3. The van der Waals surface area contributed by atoms with E-state index in [0.29, 0.717) is 6.42 Å². The van der Waals surface area contributed by atoms with Gasteiger partial charge >= 0.3 is 0 Å². The molecule has 0 fully saturated rings. The number of halogens is 2. The van der Waals surface area contributed by atoms with Crippen LogP contribution in [0.2, 0.25) is 0 Å². The van der Waals surface area contributed by atoms with Crippen LogP contribution < -0.4 is 0 Å². The van der Waals surface area contributed by atoms with E-state index in [0.717, 1.165) is 24.5 Å². The highest BCUT2D eigenvalue weighted by Crippen LogP contribution is 2.27. The van der Waals surface area contributed by atoms with Gasteiger partial charge in [0, 0.05) is 30.1 Å². The summed E-state index contributed by atoms with van der Waals surface area (Å²) in [5, 5.41) is 1.25. The van der Waals surface area contributed by atoms with Gasteiger partial charge in [-0.05, 0) is 42.5 Å². The highest BCUT2D eigenvalue weighted by Gasteiger charge is 2.12. The first kappa shape index (κ1) is 16.4. The van der Waals surface area contributed by atoms with Crippen molar-refractivity contribution in [2.75, 3.05) is 0 Å². The summed E-state index contributed by atoms with van der Waals surface area (Å²) in [5.41, 5.74) is 3.44. The summed E-state index contributed by atoms with van der Waals surface area (Å²) in [6.07, 6.45) is 4.11. The monoisotopic (exact) mass is 325 g/mol. The number of rotatable bonds is 6. The Morgan fingerprint density at radius 3 is 2.50 bits per heavy atom. The normalized spacial score (nSPS) is 12.3. The number of benzene rings is 2. The molecule has 1 heterocycles. The molecule has 1 atom stereocenters. The third-order valence-corrected chi connectivity index (χ3v) is 4.50. The Labute approximate surface area is 141 Å². The molecule has 2 aromatic carbocycles. The van der Waals surface area contributed by atoms with E-state index in [4.69, 9.17) is 0 Å². The second-order valence-electron chi connectivity index (χ2n) is 6.15. The largest absolute Gasteiger partial charge is 0.350 e. The molecule has 124 valence electrons. The number of aromatic nitrogens is 1. The number of para-hydroxylation sites is 1. The van der Waals surface area contributed by atoms with E-state index in [1.54, 1.807) is 0 Å². The molecule has 0 saturated carbocycles. The van der Waals surface area contributed by atoms with E-state index in [2.05, 4.69) is 22.9 Å². The third kappa shape index (κ3) is 3.73. The molecule has 0 bridgehead atoms. The maximum atomic E-state index is 12.8. The summed E-state index contributed by atoms with van der Waals surface area (Å²) in [4.78, 5) is 0. The van der Waals surface area contributed by atoms with E-state index in [1.807, 2.05) is 49.5 Å². The van der Waals surface area contributed by atoms with Crippen molar-refractivity contribution in [1.29, 1.82) is 0 Å². The van der Waals surface area contributed by atoms with Gasteiger partial charge in [0.15, 0.2) is 0 Å². The highest BCUT2D eigenvalue weighted by atomic mass is 19.3. The first-order valence-electron chi connectivity index (χ1n) is 8.26. The number of fused-ring (bicyclic) bond motifs is 1. The van der Waals surface area contributed by atoms with Crippen LogP contribution in [0.25, 0.3) is 10.9 Å². The molecule has 0 saturated heterocycles. The van der Waals surface area contributed by atoms with Crippen LogP contribution in [0.1, 0.15) is 29.9 Å². The summed E-state index contributed by atoms with van der Waals surface area (Å²) in [5.74, 6) is -0.230. The van der Waals surface area contributed by atoms with Gasteiger partial charge in [0.05, 0.1) is 0 Å². The van der Waals surface area contributed by atoms with Gasteiger partial charge in [0.2, 0.25) is 0 Å². The predicted molar refractivity (Wildman–Crippen MR) is 95.3 cm³/mol. The van der Waals surface area contributed by atoms with E-state index in [9.17, 15) is 8.78 Å². The molecular weight excluding hydrogens is 304 g/mol. The van der Waals surface area contributed by atoms with E-state index in [1.165, 1.54) is 16.5 Å². The van der Waals surface area contributed by atoms with Crippen LogP contribution in [0.5, 0.6) is 0 Å². The summed E-state index contributed by atoms with van der Waals surface area (Å²) >= 11 is 0. The van der Waals surface area contributed by atoms with Gasteiger partial charge in [0.25, 0.3) is 6.08 Å². The lowest BCUT2D eigenvalue weighted by molar-refractivity contribution is 0.413. The van der Waals surface area contributed by atoms with Crippen molar-refractivity contribution in [1.82, 2.24) is 4.57 Å². The van der Waals surface area contributed by atoms with E-state index >= 15 is 0 Å². The van der Waals surface area contributed by atoms with Crippen LogP contribution >= 0.6 is 0 Å². The Hall–Kier alpha value is -2.42. The molecule has 3 heteroatoms. The third-order valence-electron chi connectivity index (χ3n) is 4.50. The molecule has 0 aliphatic carbocycles. The zero-order valence-electron chi connectivity index (χ0n) is 13.8. The lowest BCUT2D eigenvalue weighted by Gasteiger charge is -2.12. The quantitative estimate of drug-likeness (QED) is 0.519. The maximum Gasteiger partial charge on any atom is 0.266 e. The predicted octanol–water partition coefficient (Wildman–Crippen LogP) is 6.07. The highest BCUT2D eigenvalue weighted by molar-refractivity contribution is 5.83. The molecule has 0 N–H and O–H groups in total. The molecule has 0 amide bonds. The lowest BCUT2D eigenvalue weighted by Crippen LogP contribution is -1.97. The molecule has 0 aliphatic rings. The second kappa shape index (κ2) is 7.43. The lowest BCUT2D eigenvalue weighted by atomic mass is 9.92. The van der Waals surface area contributed by atoms with Crippen LogP contribution in [0.3, 0.4) is 0 Å². The van der Waals surface area contributed by atoms with Crippen LogP contribution in [0.4, 0.5) is 8.78 Å². The number of hydrogen-bond donors (Lipinski definition) is 0. The van der Waals surface area contributed by atoms with Crippen molar-refractivity contribution >= 4 is 10.9 Å². The zero-order chi connectivity index (χ0) is 16.9. The summed E-state index contributed by atoms with van der Waals surface area (Å²) in [6.45, 7) is 0. The van der Waals surface area contributed by atoms with Crippen molar-refractivity contribution in [3.05, 3.63) is 84.1 Å². The van der Waals surface area contributed by atoms with Crippen LogP contribution in [0, 0.1) is 0 Å². The first-order chi connectivity index (χ1) is 11.6. The molecule has 0 aliphatic heterocycles. The van der Waals surface area contributed by atoms with Gasteiger partial charge in [-0.2, -0.15) is 8.78 Å². The van der Waals surface area contributed by atoms with Gasteiger partial charge < -0.3 is 4.57 Å². The molecule has 0 radical (unpaired) electrons. The van der Waals surface area contributed by atoms with Gasteiger partial charge in [-0.25, -0.2) is 0 Å². The van der Waals surface area contributed by atoms with Crippen molar-refractivity contribution < 1.29 is 8.78 Å². The van der Waals surface area contributed by atoms with E-state index < -0.39 is 6.08 Å². The minimum atomic E-state index is -1.60. The number of aryl methyl sites for hydroxylation is 2. The molecular formula is C21H21F2N. The average Bonchev–Trinajstić information content (AvgIpc) is 2.91. The Morgan fingerprint density at radius 1 is 1.04 bits per heavy atom. The first-order valence-corrected chi connectivity index (χ1v) is 8.26. The second-order valence-corrected chi connectivity index (χ2v) is 6.15. The minimum absolute atomic E-state index is 0.230. The summed E-state index contributed by atoms with van der Waals surface area (Å²) < 4.78 is 27.7. The van der Waals surface area contributed by atoms with Gasteiger partial charge in [-0.3, -0.25) is 0 Å². The van der Waals surface area contributed by atoms with Gasteiger partial charge in [-0.1, -0.05) is 48.5 Å². The molecule has 0 spiro atoms. The van der Waals surface area contributed by atoms with Crippen LogP contribution in [0.15, 0.2) is 73.0 Å². The minimum Gasteiger partial charge on any atom is -0.350 e. The molecule has 24 heavy (non-hydrogen) atoms. The fraction of sp³-hybridized carbons (Fsp3) is 0.238. The molecule has 1 aromatic heterocycles. The summed E-state index contributed by atoms with van der Waals surface area (Å²) in [7, 11) is 2.04. The SMILES string of the molecule is Cn1cc(CCCC(C=C(F)F)c2ccccc2)c2ccccc21. The Morgan fingerprint density at radius 2 is 1.75 bits per heavy atom. The van der Waals surface area contributed by atoms with Crippen molar-refractivity contribution in [3.63, 3.8) is 0 Å². The molecule has 3 rings (SSSR count). The maximum absolute atomic E-state index is 12.8. The van der Waals surface area contributed by atoms with Crippen LogP contribution in [-0.2, 0) is 13.5 Å². The van der Waals surface area contributed by atoms with Gasteiger partial charge in [-0.15, -0.1) is 0 Å². The number of allylic oxidation sites excluding steroid dienone is 1.